The number of carbonyl (C=O) groups is 1. The summed E-state index contributed by atoms with van der Waals surface area (Å²) in [5.74, 6) is 0.967. The average molecular weight is 399 g/mol. The molecule has 1 amide bonds. The van der Waals surface area contributed by atoms with Crippen LogP contribution >= 0.6 is 15.9 Å². The SMILES string of the molecule is Cc1ccc(N2CCC(C(=O)Nc3ccc(Br)c(C#N)c3)CC2)nc1. The van der Waals surface area contributed by atoms with Gasteiger partial charge in [0.2, 0.25) is 5.91 Å². The van der Waals surface area contributed by atoms with Gasteiger partial charge in [-0.1, -0.05) is 6.07 Å². The molecule has 0 aliphatic carbocycles. The van der Waals surface area contributed by atoms with Crippen LogP contribution in [0, 0.1) is 24.2 Å². The van der Waals surface area contributed by atoms with Crippen molar-refractivity contribution in [2.75, 3.05) is 23.3 Å². The first-order valence-electron chi connectivity index (χ1n) is 8.25. The van der Waals surface area contributed by atoms with Gasteiger partial charge in [0.05, 0.1) is 5.56 Å². The number of benzene rings is 1. The van der Waals surface area contributed by atoms with Gasteiger partial charge in [-0.25, -0.2) is 4.98 Å². The quantitative estimate of drug-likeness (QED) is 0.851. The molecule has 5 nitrogen and oxygen atoms in total. The number of aryl methyl sites for hydroxylation is 1. The Balaban J connectivity index is 1.58. The number of amides is 1. The monoisotopic (exact) mass is 398 g/mol. The Labute approximate surface area is 155 Å². The molecule has 0 saturated carbocycles. The van der Waals surface area contributed by atoms with E-state index in [0.717, 1.165) is 41.8 Å². The van der Waals surface area contributed by atoms with E-state index in [2.05, 4.69) is 43.3 Å². The zero-order valence-corrected chi connectivity index (χ0v) is 15.6. The Hall–Kier alpha value is -2.39. The highest BCUT2D eigenvalue weighted by Gasteiger charge is 2.25. The van der Waals surface area contributed by atoms with Crippen molar-refractivity contribution in [1.82, 2.24) is 4.98 Å². The van der Waals surface area contributed by atoms with Crippen LogP contribution in [0.2, 0.25) is 0 Å². The summed E-state index contributed by atoms with van der Waals surface area (Å²) >= 11 is 3.32. The van der Waals surface area contributed by atoms with E-state index >= 15 is 0 Å². The Bertz CT molecular complexity index is 805. The molecule has 2 aromatic rings. The third kappa shape index (κ3) is 4.18. The fourth-order valence-corrected chi connectivity index (χ4v) is 3.29. The number of anilines is 2. The maximum Gasteiger partial charge on any atom is 0.227 e. The molecule has 3 rings (SSSR count). The van der Waals surface area contributed by atoms with Crippen molar-refractivity contribution >= 4 is 33.3 Å². The second kappa shape index (κ2) is 7.66. The molecular weight excluding hydrogens is 380 g/mol. The second-order valence-electron chi connectivity index (χ2n) is 6.25. The molecule has 25 heavy (non-hydrogen) atoms. The minimum Gasteiger partial charge on any atom is -0.357 e. The molecule has 1 aromatic heterocycles. The maximum atomic E-state index is 12.5. The first-order chi connectivity index (χ1) is 12.1. The fourth-order valence-electron chi connectivity index (χ4n) is 2.95. The number of hydrogen-bond acceptors (Lipinski definition) is 4. The van der Waals surface area contributed by atoms with Gasteiger partial charge in [-0.3, -0.25) is 4.79 Å². The molecular formula is C19H19BrN4O. The minimum absolute atomic E-state index is 0.0164. The highest BCUT2D eigenvalue weighted by Crippen LogP contribution is 2.25. The van der Waals surface area contributed by atoms with Crippen LogP contribution in [0.25, 0.3) is 0 Å². The summed E-state index contributed by atoms with van der Waals surface area (Å²) in [7, 11) is 0. The summed E-state index contributed by atoms with van der Waals surface area (Å²) < 4.78 is 0.729. The predicted molar refractivity (Wildman–Crippen MR) is 101 cm³/mol. The van der Waals surface area contributed by atoms with Gasteiger partial charge in [0.15, 0.2) is 0 Å². The topological polar surface area (TPSA) is 69.0 Å². The number of nitrogens with zero attached hydrogens (tertiary/aromatic N) is 3. The van der Waals surface area contributed by atoms with E-state index in [1.807, 2.05) is 19.2 Å². The van der Waals surface area contributed by atoms with Crippen LogP contribution in [0.4, 0.5) is 11.5 Å². The van der Waals surface area contributed by atoms with Crippen LogP contribution in [0.3, 0.4) is 0 Å². The molecule has 0 atom stereocenters. The van der Waals surface area contributed by atoms with Crippen molar-refractivity contribution in [1.29, 1.82) is 5.26 Å². The lowest BCUT2D eigenvalue weighted by Gasteiger charge is -2.32. The fraction of sp³-hybridized carbons (Fsp3) is 0.316. The molecule has 1 aromatic carbocycles. The smallest absolute Gasteiger partial charge is 0.227 e. The van der Waals surface area contributed by atoms with Gasteiger partial charge >= 0.3 is 0 Å². The van der Waals surface area contributed by atoms with E-state index in [0.29, 0.717) is 11.3 Å². The molecule has 0 radical (unpaired) electrons. The van der Waals surface area contributed by atoms with Crippen molar-refractivity contribution < 1.29 is 4.79 Å². The van der Waals surface area contributed by atoms with E-state index in [4.69, 9.17) is 5.26 Å². The summed E-state index contributed by atoms with van der Waals surface area (Å²) in [5.41, 5.74) is 2.31. The Morgan fingerprint density at radius 2 is 2.08 bits per heavy atom. The van der Waals surface area contributed by atoms with Crippen molar-refractivity contribution in [2.45, 2.75) is 19.8 Å². The van der Waals surface area contributed by atoms with Gasteiger partial charge in [0.25, 0.3) is 0 Å². The molecule has 1 aliphatic rings. The van der Waals surface area contributed by atoms with Crippen molar-refractivity contribution in [3.8, 4) is 6.07 Å². The highest BCUT2D eigenvalue weighted by atomic mass is 79.9. The highest BCUT2D eigenvalue weighted by molar-refractivity contribution is 9.10. The number of halogens is 1. The van der Waals surface area contributed by atoms with Gasteiger partial charge in [-0.05, 0) is 65.5 Å². The summed E-state index contributed by atoms with van der Waals surface area (Å²) in [6, 6.07) is 11.5. The number of nitrogens with one attached hydrogen (secondary N) is 1. The zero-order chi connectivity index (χ0) is 17.8. The van der Waals surface area contributed by atoms with E-state index in [-0.39, 0.29) is 11.8 Å². The van der Waals surface area contributed by atoms with Crippen LogP contribution in [0.5, 0.6) is 0 Å². The first-order valence-corrected chi connectivity index (χ1v) is 9.04. The number of nitriles is 1. The van der Waals surface area contributed by atoms with E-state index in [1.54, 1.807) is 18.2 Å². The normalized spacial score (nSPS) is 14.8. The molecule has 6 heteroatoms. The van der Waals surface area contributed by atoms with Gasteiger partial charge in [0.1, 0.15) is 11.9 Å². The Morgan fingerprint density at radius 3 is 2.72 bits per heavy atom. The average Bonchev–Trinajstić information content (AvgIpc) is 2.64. The summed E-state index contributed by atoms with van der Waals surface area (Å²) in [6.45, 7) is 3.66. The van der Waals surface area contributed by atoms with Crippen molar-refractivity contribution in [3.05, 3.63) is 52.1 Å². The zero-order valence-electron chi connectivity index (χ0n) is 14.0. The number of carbonyl (C=O) groups excluding carboxylic acids is 1. The minimum atomic E-state index is -0.0177. The van der Waals surface area contributed by atoms with E-state index in [9.17, 15) is 4.79 Å². The van der Waals surface area contributed by atoms with Crippen LogP contribution in [0.15, 0.2) is 41.0 Å². The lowest BCUT2D eigenvalue weighted by molar-refractivity contribution is -0.120. The van der Waals surface area contributed by atoms with E-state index < -0.39 is 0 Å². The van der Waals surface area contributed by atoms with Gasteiger partial charge in [0, 0.05) is 35.4 Å². The van der Waals surface area contributed by atoms with E-state index in [1.165, 1.54) is 0 Å². The number of pyridine rings is 1. The lowest BCUT2D eigenvalue weighted by atomic mass is 9.95. The third-order valence-electron chi connectivity index (χ3n) is 4.44. The van der Waals surface area contributed by atoms with Crippen LogP contribution in [-0.4, -0.2) is 24.0 Å². The number of rotatable bonds is 3. The predicted octanol–water partition coefficient (Wildman–Crippen LogP) is 3.88. The Kier molecular flexibility index (Phi) is 5.34. The molecule has 128 valence electrons. The van der Waals surface area contributed by atoms with Crippen molar-refractivity contribution in [3.63, 3.8) is 0 Å². The number of aromatic nitrogens is 1. The van der Waals surface area contributed by atoms with Crippen molar-refractivity contribution in [2.24, 2.45) is 5.92 Å². The molecule has 2 heterocycles. The van der Waals surface area contributed by atoms with Gasteiger partial charge < -0.3 is 10.2 Å². The molecule has 0 spiro atoms. The number of hydrogen-bond donors (Lipinski definition) is 1. The number of piperidine rings is 1. The maximum absolute atomic E-state index is 12.5. The van der Waals surface area contributed by atoms with Crippen LogP contribution in [-0.2, 0) is 4.79 Å². The molecule has 1 aliphatic heterocycles. The van der Waals surface area contributed by atoms with Gasteiger partial charge in [-0.2, -0.15) is 5.26 Å². The van der Waals surface area contributed by atoms with Crippen LogP contribution < -0.4 is 10.2 Å². The first kappa shape index (κ1) is 17.4. The summed E-state index contributed by atoms with van der Waals surface area (Å²) in [4.78, 5) is 19.2. The van der Waals surface area contributed by atoms with Crippen LogP contribution in [0.1, 0.15) is 24.0 Å². The largest absolute Gasteiger partial charge is 0.357 e. The molecule has 0 unspecified atom stereocenters. The molecule has 1 fully saturated rings. The standard InChI is InChI=1S/C19H19BrN4O/c1-13-2-5-18(22-12-13)24-8-6-14(7-9-24)19(25)23-16-3-4-17(20)15(10-16)11-21/h2-5,10,12,14H,6-9H2,1H3,(H,23,25). The molecule has 0 bridgehead atoms. The lowest BCUT2D eigenvalue weighted by Crippen LogP contribution is -2.38. The molecule has 1 N–H and O–H groups in total. The molecule has 1 saturated heterocycles. The summed E-state index contributed by atoms with van der Waals surface area (Å²) in [5, 5.41) is 12.0. The second-order valence-corrected chi connectivity index (χ2v) is 7.11. The summed E-state index contributed by atoms with van der Waals surface area (Å²) in [6.07, 6.45) is 3.46. The Morgan fingerprint density at radius 1 is 1.32 bits per heavy atom. The van der Waals surface area contributed by atoms with Gasteiger partial charge in [-0.15, -0.1) is 0 Å². The third-order valence-corrected chi connectivity index (χ3v) is 5.13.